The van der Waals surface area contributed by atoms with Crippen molar-refractivity contribution >= 4 is 34.9 Å². The number of carbonyl (C=O) groups excluding carboxylic acids is 2. The maximum Gasteiger partial charge on any atom is 0.416 e. The number of rotatable bonds is 5. The molecule has 2 aromatic rings. The summed E-state index contributed by atoms with van der Waals surface area (Å²) in [7, 11) is 0. The molecule has 3 rings (SSSR count). The van der Waals surface area contributed by atoms with Gasteiger partial charge in [-0.3, -0.25) is 9.59 Å². The van der Waals surface area contributed by atoms with E-state index in [-0.39, 0.29) is 34.6 Å². The summed E-state index contributed by atoms with van der Waals surface area (Å²) < 4.78 is 38.7. The number of halogens is 4. The zero-order valence-electron chi connectivity index (χ0n) is 17.7. The van der Waals surface area contributed by atoms with Crippen molar-refractivity contribution in [2.45, 2.75) is 38.9 Å². The van der Waals surface area contributed by atoms with E-state index in [2.05, 4.69) is 15.6 Å². The lowest BCUT2D eigenvalue weighted by Gasteiger charge is -2.35. The minimum atomic E-state index is -4.46. The van der Waals surface area contributed by atoms with E-state index in [0.29, 0.717) is 24.3 Å². The van der Waals surface area contributed by atoms with Gasteiger partial charge in [0.05, 0.1) is 16.3 Å². The molecule has 1 aromatic carbocycles. The van der Waals surface area contributed by atoms with Crippen LogP contribution in [0.15, 0.2) is 36.5 Å². The Bertz CT molecular complexity index is 997. The van der Waals surface area contributed by atoms with Crippen molar-refractivity contribution in [2.24, 2.45) is 5.92 Å². The molecule has 10 heteroatoms. The fourth-order valence-corrected chi connectivity index (χ4v) is 3.73. The molecule has 0 unspecified atom stereocenters. The maximum atomic E-state index is 12.9. The number of amides is 2. The third kappa shape index (κ3) is 5.91. The molecule has 1 saturated heterocycles. The number of pyridine rings is 1. The van der Waals surface area contributed by atoms with Crippen LogP contribution in [0.25, 0.3) is 0 Å². The Kier molecular flexibility index (Phi) is 7.28. The minimum Gasteiger partial charge on any atom is -0.368 e. The number of anilines is 2. The van der Waals surface area contributed by atoms with E-state index >= 15 is 0 Å². The van der Waals surface area contributed by atoms with E-state index in [1.165, 1.54) is 18.3 Å². The first kappa shape index (κ1) is 23.8. The fraction of sp³-hybridized carbons (Fsp3) is 0.409. The van der Waals surface area contributed by atoms with Gasteiger partial charge in [-0.25, -0.2) is 4.98 Å². The molecule has 32 heavy (non-hydrogen) atoms. The van der Waals surface area contributed by atoms with Gasteiger partial charge in [-0.2, -0.15) is 13.2 Å². The topological polar surface area (TPSA) is 74.3 Å². The molecule has 0 saturated carbocycles. The Balaban J connectivity index is 1.66. The van der Waals surface area contributed by atoms with Gasteiger partial charge >= 0.3 is 6.18 Å². The predicted molar refractivity (Wildman–Crippen MR) is 117 cm³/mol. The SMILES string of the molecule is CC(C)C(=O)Nc1cc(C(=O)N[C@@H]2CCCN(c3ccc(C(F)(F)F)cc3Cl)C2)ccn1. The quantitative estimate of drug-likeness (QED) is 0.664. The van der Waals surface area contributed by atoms with Crippen molar-refractivity contribution in [3.8, 4) is 0 Å². The van der Waals surface area contributed by atoms with Crippen molar-refractivity contribution in [2.75, 3.05) is 23.3 Å². The number of nitrogens with zero attached hydrogens (tertiary/aromatic N) is 2. The highest BCUT2D eigenvalue weighted by Gasteiger charge is 2.32. The molecule has 2 heterocycles. The number of hydrogen-bond acceptors (Lipinski definition) is 4. The van der Waals surface area contributed by atoms with Crippen molar-refractivity contribution in [3.63, 3.8) is 0 Å². The first-order valence-corrected chi connectivity index (χ1v) is 10.6. The Morgan fingerprint density at radius 3 is 2.62 bits per heavy atom. The zero-order valence-corrected chi connectivity index (χ0v) is 18.4. The average molecular weight is 469 g/mol. The highest BCUT2D eigenvalue weighted by molar-refractivity contribution is 6.33. The molecular formula is C22H24ClF3N4O2. The number of benzene rings is 1. The second kappa shape index (κ2) is 9.77. The fourth-order valence-electron chi connectivity index (χ4n) is 3.43. The third-order valence-electron chi connectivity index (χ3n) is 5.17. The summed E-state index contributed by atoms with van der Waals surface area (Å²) in [5, 5.41) is 5.63. The normalized spacial score (nSPS) is 16.7. The molecule has 1 aromatic heterocycles. The molecular weight excluding hydrogens is 445 g/mol. The molecule has 0 spiro atoms. The lowest BCUT2D eigenvalue weighted by Crippen LogP contribution is -2.48. The Morgan fingerprint density at radius 2 is 1.97 bits per heavy atom. The van der Waals surface area contributed by atoms with Crippen LogP contribution in [0, 0.1) is 5.92 Å². The molecule has 0 bridgehead atoms. The summed E-state index contributed by atoms with van der Waals surface area (Å²) in [6, 6.07) is 6.13. The summed E-state index contributed by atoms with van der Waals surface area (Å²) >= 11 is 6.13. The zero-order chi connectivity index (χ0) is 23.5. The van der Waals surface area contributed by atoms with Crippen LogP contribution in [-0.4, -0.2) is 35.9 Å². The van der Waals surface area contributed by atoms with E-state index < -0.39 is 11.7 Å². The highest BCUT2D eigenvalue weighted by atomic mass is 35.5. The first-order valence-electron chi connectivity index (χ1n) is 10.2. The van der Waals surface area contributed by atoms with Crippen molar-refractivity contribution in [1.82, 2.24) is 10.3 Å². The van der Waals surface area contributed by atoms with E-state index in [1.54, 1.807) is 19.9 Å². The highest BCUT2D eigenvalue weighted by Crippen LogP contribution is 2.35. The van der Waals surface area contributed by atoms with Gasteiger partial charge in [-0.05, 0) is 43.2 Å². The monoisotopic (exact) mass is 468 g/mol. The second-order valence-corrected chi connectivity index (χ2v) is 8.40. The number of aromatic nitrogens is 1. The van der Waals surface area contributed by atoms with Gasteiger partial charge in [0.2, 0.25) is 5.91 Å². The second-order valence-electron chi connectivity index (χ2n) is 8.00. The summed E-state index contributed by atoms with van der Waals surface area (Å²) in [5.41, 5.74) is 0.0520. The number of alkyl halides is 3. The number of hydrogen-bond donors (Lipinski definition) is 2. The summed E-state index contributed by atoms with van der Waals surface area (Å²) in [6.07, 6.45) is -1.55. The van der Waals surface area contributed by atoms with Crippen LogP contribution in [-0.2, 0) is 11.0 Å². The molecule has 1 fully saturated rings. The average Bonchev–Trinajstić information content (AvgIpc) is 2.73. The van der Waals surface area contributed by atoms with Gasteiger partial charge in [0, 0.05) is 36.8 Å². The molecule has 2 amide bonds. The van der Waals surface area contributed by atoms with Gasteiger partial charge in [0.15, 0.2) is 0 Å². The van der Waals surface area contributed by atoms with E-state index in [9.17, 15) is 22.8 Å². The largest absolute Gasteiger partial charge is 0.416 e. The molecule has 1 aliphatic rings. The minimum absolute atomic E-state index is 0.0199. The maximum absolute atomic E-state index is 12.9. The van der Waals surface area contributed by atoms with Gasteiger partial charge in [-0.1, -0.05) is 25.4 Å². The van der Waals surface area contributed by atoms with Gasteiger partial charge in [-0.15, -0.1) is 0 Å². The molecule has 2 N–H and O–H groups in total. The van der Waals surface area contributed by atoms with Gasteiger partial charge in [0.25, 0.3) is 5.91 Å². The molecule has 1 aliphatic heterocycles. The number of piperidine rings is 1. The number of nitrogens with one attached hydrogen (secondary N) is 2. The molecule has 1 atom stereocenters. The van der Waals surface area contributed by atoms with Gasteiger partial charge < -0.3 is 15.5 Å². The molecule has 6 nitrogen and oxygen atoms in total. The van der Waals surface area contributed by atoms with Crippen LogP contribution in [0.4, 0.5) is 24.7 Å². The first-order chi connectivity index (χ1) is 15.0. The van der Waals surface area contributed by atoms with Crippen molar-refractivity contribution < 1.29 is 22.8 Å². The molecule has 0 radical (unpaired) electrons. The van der Waals surface area contributed by atoms with Crippen molar-refractivity contribution in [3.05, 3.63) is 52.7 Å². The van der Waals surface area contributed by atoms with Crippen LogP contribution in [0.1, 0.15) is 42.6 Å². The smallest absolute Gasteiger partial charge is 0.368 e. The van der Waals surface area contributed by atoms with Crippen LogP contribution in [0.2, 0.25) is 5.02 Å². The Morgan fingerprint density at radius 1 is 1.22 bits per heavy atom. The van der Waals surface area contributed by atoms with Crippen LogP contribution in [0.3, 0.4) is 0 Å². The summed E-state index contributed by atoms with van der Waals surface area (Å²) in [4.78, 5) is 30.5. The predicted octanol–water partition coefficient (Wildman–Crippen LogP) is 4.75. The molecule has 0 aliphatic carbocycles. The third-order valence-corrected chi connectivity index (χ3v) is 5.47. The molecule has 172 valence electrons. The number of carbonyl (C=O) groups is 2. The van der Waals surface area contributed by atoms with Crippen LogP contribution < -0.4 is 15.5 Å². The standard InChI is InChI=1S/C22H24ClF3N4O2/c1-13(2)20(31)29-19-10-14(7-8-27-19)21(32)28-16-4-3-9-30(12-16)18-6-5-15(11-17(18)23)22(24,25)26/h5-8,10-11,13,16H,3-4,9,12H2,1-2H3,(H,28,32)(H,27,29,31)/t16-/m1/s1. The van der Waals surface area contributed by atoms with Gasteiger partial charge in [0.1, 0.15) is 5.82 Å². The van der Waals surface area contributed by atoms with Crippen LogP contribution in [0.5, 0.6) is 0 Å². The van der Waals surface area contributed by atoms with Crippen molar-refractivity contribution in [1.29, 1.82) is 0 Å². The summed E-state index contributed by atoms with van der Waals surface area (Å²) in [6.45, 7) is 4.55. The Hall–Kier alpha value is -2.81. The van der Waals surface area contributed by atoms with E-state index in [1.807, 2.05) is 4.90 Å². The van der Waals surface area contributed by atoms with E-state index in [4.69, 9.17) is 11.6 Å². The van der Waals surface area contributed by atoms with E-state index in [0.717, 1.165) is 25.0 Å². The lowest BCUT2D eigenvalue weighted by molar-refractivity contribution is -0.137. The van der Waals surface area contributed by atoms with Crippen LogP contribution >= 0.6 is 11.6 Å². The Labute approximate surface area is 189 Å². The lowest BCUT2D eigenvalue weighted by atomic mass is 10.0. The summed E-state index contributed by atoms with van der Waals surface area (Å²) in [5.74, 6) is -0.457.